The van der Waals surface area contributed by atoms with Gasteiger partial charge in [-0.3, -0.25) is 9.59 Å². The van der Waals surface area contributed by atoms with Crippen LogP contribution in [0.25, 0.3) is 0 Å². The molecule has 7 heteroatoms. The average Bonchev–Trinajstić information content (AvgIpc) is 3.00. The van der Waals surface area contributed by atoms with Gasteiger partial charge in [0.15, 0.2) is 6.10 Å². The normalized spacial score (nSPS) is 18.5. The molecule has 0 bridgehead atoms. The molecule has 0 saturated carbocycles. The molecule has 1 aromatic heterocycles. The Labute approximate surface area is 171 Å². The second kappa shape index (κ2) is 9.07. The zero-order valence-electron chi connectivity index (χ0n) is 17.8. The second-order valence-corrected chi connectivity index (χ2v) is 9.52. The summed E-state index contributed by atoms with van der Waals surface area (Å²) in [5.74, 6) is -0.770. The lowest BCUT2D eigenvalue weighted by molar-refractivity contribution is -0.143. The highest BCUT2D eigenvalue weighted by atomic mass is 32.1. The van der Waals surface area contributed by atoms with Crippen LogP contribution in [0.4, 0.5) is 5.00 Å². The van der Waals surface area contributed by atoms with E-state index in [9.17, 15) is 14.4 Å². The maximum absolute atomic E-state index is 12.8. The van der Waals surface area contributed by atoms with Crippen LogP contribution in [0.5, 0.6) is 0 Å². The Morgan fingerprint density at radius 2 is 2.00 bits per heavy atom. The van der Waals surface area contributed by atoms with Gasteiger partial charge in [0.05, 0.1) is 5.00 Å². The molecule has 2 unspecified atom stereocenters. The van der Waals surface area contributed by atoms with Crippen LogP contribution in [0.3, 0.4) is 0 Å². The number of rotatable bonds is 5. The molecule has 1 aliphatic heterocycles. The first kappa shape index (κ1) is 22.4. The number of hydrogen-bond acceptors (Lipinski definition) is 5. The summed E-state index contributed by atoms with van der Waals surface area (Å²) in [6.45, 7) is 11.7. The molecular formula is C21H32N2O4S. The zero-order chi connectivity index (χ0) is 21.1. The minimum absolute atomic E-state index is 0.118. The largest absolute Gasteiger partial charge is 0.448 e. The number of hydrogen-bond donors (Lipinski definition) is 1. The predicted molar refractivity (Wildman–Crippen MR) is 112 cm³/mol. The number of amides is 2. The van der Waals surface area contributed by atoms with Crippen LogP contribution < -0.4 is 5.32 Å². The summed E-state index contributed by atoms with van der Waals surface area (Å²) >= 11 is 1.17. The third-order valence-corrected chi connectivity index (χ3v) is 6.17. The van der Waals surface area contributed by atoms with Gasteiger partial charge in [-0.1, -0.05) is 27.7 Å². The summed E-state index contributed by atoms with van der Waals surface area (Å²) in [5, 5.41) is 3.44. The Kier molecular flexibility index (Phi) is 7.26. The van der Waals surface area contributed by atoms with Gasteiger partial charge in [-0.15, -0.1) is 11.3 Å². The molecule has 0 spiro atoms. The van der Waals surface area contributed by atoms with Crippen LogP contribution in [-0.2, 0) is 14.3 Å². The lowest BCUT2D eigenvalue weighted by Gasteiger charge is -2.36. The van der Waals surface area contributed by atoms with Crippen LogP contribution in [0.2, 0.25) is 0 Å². The standard InChI is InChI=1S/C21H32N2O4S/c1-7-15-10-8-9-11-23(15)18(24)14(3)27-19(25)17-13(2)12-16(28-17)22-20(26)21(4,5)6/h12,14-15H,7-11H2,1-6H3,(H,22,26). The fourth-order valence-corrected chi connectivity index (χ4v) is 4.21. The van der Waals surface area contributed by atoms with Gasteiger partial charge in [0.1, 0.15) is 4.88 Å². The molecule has 1 N–H and O–H groups in total. The molecule has 1 aliphatic rings. The van der Waals surface area contributed by atoms with Gasteiger partial charge in [0.2, 0.25) is 5.91 Å². The van der Waals surface area contributed by atoms with E-state index >= 15 is 0 Å². The molecule has 6 nitrogen and oxygen atoms in total. The minimum atomic E-state index is -0.825. The number of nitrogens with one attached hydrogen (secondary N) is 1. The number of carbonyl (C=O) groups excluding carboxylic acids is 3. The van der Waals surface area contributed by atoms with Crippen molar-refractivity contribution in [1.82, 2.24) is 4.90 Å². The number of aryl methyl sites for hydroxylation is 1. The van der Waals surface area contributed by atoms with Crippen molar-refractivity contribution in [2.45, 2.75) is 79.4 Å². The van der Waals surface area contributed by atoms with E-state index in [4.69, 9.17) is 4.74 Å². The highest BCUT2D eigenvalue weighted by molar-refractivity contribution is 7.18. The van der Waals surface area contributed by atoms with E-state index in [-0.39, 0.29) is 17.9 Å². The van der Waals surface area contributed by atoms with E-state index in [2.05, 4.69) is 12.2 Å². The van der Waals surface area contributed by atoms with Gasteiger partial charge in [0.25, 0.3) is 5.91 Å². The summed E-state index contributed by atoms with van der Waals surface area (Å²) in [6, 6.07) is 1.99. The maximum atomic E-state index is 12.8. The van der Waals surface area contributed by atoms with Crippen LogP contribution in [0, 0.1) is 12.3 Å². The Morgan fingerprint density at radius 1 is 1.32 bits per heavy atom. The SMILES string of the molecule is CCC1CCCCN1C(=O)C(C)OC(=O)c1sc(NC(=O)C(C)(C)C)cc1C. The van der Waals surface area contributed by atoms with Crippen molar-refractivity contribution in [3.05, 3.63) is 16.5 Å². The Morgan fingerprint density at radius 3 is 2.61 bits per heavy atom. The molecule has 2 rings (SSSR count). The van der Waals surface area contributed by atoms with Gasteiger partial charge in [-0.25, -0.2) is 4.79 Å². The molecule has 1 saturated heterocycles. The molecule has 0 radical (unpaired) electrons. The average molecular weight is 409 g/mol. The number of anilines is 1. The van der Waals surface area contributed by atoms with E-state index in [1.54, 1.807) is 19.9 Å². The number of piperidine rings is 1. The number of esters is 1. The maximum Gasteiger partial charge on any atom is 0.349 e. The van der Waals surface area contributed by atoms with Gasteiger partial charge in [0, 0.05) is 18.0 Å². The highest BCUT2D eigenvalue weighted by Crippen LogP contribution is 2.29. The lowest BCUT2D eigenvalue weighted by Crippen LogP contribution is -2.48. The molecule has 1 aromatic rings. The number of thiophene rings is 1. The first-order valence-electron chi connectivity index (χ1n) is 9.98. The fourth-order valence-electron chi connectivity index (χ4n) is 3.26. The summed E-state index contributed by atoms with van der Waals surface area (Å²) in [6.07, 6.45) is 3.21. The summed E-state index contributed by atoms with van der Waals surface area (Å²) in [7, 11) is 0. The lowest BCUT2D eigenvalue weighted by atomic mass is 9.96. The Hall–Kier alpha value is -1.89. The van der Waals surface area contributed by atoms with Crippen molar-refractivity contribution in [2.75, 3.05) is 11.9 Å². The molecule has 2 atom stereocenters. The first-order valence-corrected chi connectivity index (χ1v) is 10.8. The third-order valence-electron chi connectivity index (χ3n) is 5.03. The molecule has 156 valence electrons. The van der Waals surface area contributed by atoms with Gasteiger partial charge in [-0.05, 0) is 51.2 Å². The quantitative estimate of drug-likeness (QED) is 0.734. The molecule has 0 aliphatic carbocycles. The van der Waals surface area contributed by atoms with Crippen molar-refractivity contribution in [3.63, 3.8) is 0 Å². The Bertz CT molecular complexity index is 735. The summed E-state index contributed by atoms with van der Waals surface area (Å²) in [5.41, 5.74) is 0.201. The summed E-state index contributed by atoms with van der Waals surface area (Å²) in [4.78, 5) is 39.8. The summed E-state index contributed by atoms with van der Waals surface area (Å²) < 4.78 is 5.48. The smallest absolute Gasteiger partial charge is 0.349 e. The van der Waals surface area contributed by atoms with Crippen LogP contribution in [0.15, 0.2) is 6.07 Å². The van der Waals surface area contributed by atoms with E-state index in [1.807, 2.05) is 25.7 Å². The van der Waals surface area contributed by atoms with E-state index < -0.39 is 17.5 Å². The monoisotopic (exact) mass is 408 g/mol. The molecule has 0 aromatic carbocycles. The highest BCUT2D eigenvalue weighted by Gasteiger charge is 2.31. The Balaban J connectivity index is 2.04. The van der Waals surface area contributed by atoms with Crippen molar-refractivity contribution in [3.8, 4) is 0 Å². The number of ether oxygens (including phenoxy) is 1. The fraction of sp³-hybridized carbons (Fsp3) is 0.667. The van der Waals surface area contributed by atoms with Gasteiger partial charge >= 0.3 is 5.97 Å². The third kappa shape index (κ3) is 5.34. The van der Waals surface area contributed by atoms with Crippen LogP contribution in [0.1, 0.15) is 75.5 Å². The molecule has 1 fully saturated rings. The zero-order valence-corrected chi connectivity index (χ0v) is 18.6. The van der Waals surface area contributed by atoms with E-state index in [1.165, 1.54) is 11.3 Å². The van der Waals surface area contributed by atoms with E-state index in [0.717, 1.165) is 37.8 Å². The van der Waals surface area contributed by atoms with E-state index in [0.29, 0.717) is 9.88 Å². The molecule has 28 heavy (non-hydrogen) atoms. The predicted octanol–water partition coefficient (Wildman–Crippen LogP) is 4.38. The second-order valence-electron chi connectivity index (χ2n) is 8.46. The molecule has 2 amide bonds. The van der Waals surface area contributed by atoms with Crippen molar-refractivity contribution in [2.24, 2.45) is 5.41 Å². The molecule has 2 heterocycles. The molecular weight excluding hydrogens is 376 g/mol. The van der Waals surface area contributed by atoms with Gasteiger partial charge in [-0.2, -0.15) is 0 Å². The van der Waals surface area contributed by atoms with Gasteiger partial charge < -0.3 is 15.0 Å². The van der Waals surface area contributed by atoms with Crippen molar-refractivity contribution >= 4 is 34.1 Å². The van der Waals surface area contributed by atoms with Crippen LogP contribution >= 0.6 is 11.3 Å². The number of nitrogens with zero attached hydrogens (tertiary/aromatic N) is 1. The van der Waals surface area contributed by atoms with Crippen molar-refractivity contribution in [1.29, 1.82) is 0 Å². The topological polar surface area (TPSA) is 75.7 Å². The first-order chi connectivity index (χ1) is 13.0. The number of carbonyl (C=O) groups is 3. The number of likely N-dealkylation sites (tertiary alicyclic amines) is 1. The van der Waals surface area contributed by atoms with Crippen LogP contribution in [-0.4, -0.2) is 41.4 Å². The van der Waals surface area contributed by atoms with Crippen molar-refractivity contribution < 1.29 is 19.1 Å². The minimum Gasteiger partial charge on any atom is -0.448 e.